The molecule has 0 radical (unpaired) electrons. The van der Waals surface area contributed by atoms with Crippen LogP contribution in [0, 0.1) is 0 Å². The lowest BCUT2D eigenvalue weighted by Crippen LogP contribution is -2.53. The van der Waals surface area contributed by atoms with Gasteiger partial charge in [0.05, 0.1) is 27.2 Å². The summed E-state index contributed by atoms with van der Waals surface area (Å²) in [6.45, 7) is -1.88. The van der Waals surface area contributed by atoms with Crippen LogP contribution in [0.1, 0.15) is 6.92 Å². The van der Waals surface area contributed by atoms with Crippen LogP contribution in [-0.4, -0.2) is 64.4 Å². The summed E-state index contributed by atoms with van der Waals surface area (Å²) in [4.78, 5) is 0. The van der Waals surface area contributed by atoms with Gasteiger partial charge in [-0.15, -0.1) is 0 Å². The molecule has 0 aliphatic heterocycles. The van der Waals surface area contributed by atoms with Crippen LogP contribution in [0.2, 0.25) is 0 Å². The molecule has 0 N–H and O–H groups in total. The predicted octanol–water partition coefficient (Wildman–Crippen LogP) is 3.30. The molecule has 0 aromatic rings. The fourth-order valence-electron chi connectivity index (χ4n) is 0.682. The quantitative estimate of drug-likeness (QED) is 0.429. The van der Waals surface area contributed by atoms with E-state index in [-0.39, 0.29) is 0 Å². The molecule has 0 saturated heterocycles. The molecule has 2 nitrogen and oxygen atoms in total. The minimum atomic E-state index is -7.21. The maximum absolute atomic E-state index is 11.2. The van der Waals surface area contributed by atoms with Crippen LogP contribution in [0.5, 0.6) is 0 Å². The van der Waals surface area contributed by atoms with Crippen LogP contribution in [-0.2, 0) is 4.74 Å². The van der Waals surface area contributed by atoms with Gasteiger partial charge >= 0.3 is 19.0 Å². The normalized spacial score (nSPS) is 13.8. The van der Waals surface area contributed by atoms with E-state index in [1.807, 2.05) is 0 Å². The molecule has 0 amide bonds. The van der Waals surface area contributed by atoms with Gasteiger partial charge in [0.15, 0.2) is 0 Å². The maximum Gasteiger partial charge on any atom is 0.558 e. The van der Waals surface area contributed by atoms with Crippen LogP contribution < -0.4 is 0 Å². The van der Waals surface area contributed by atoms with Crippen molar-refractivity contribution in [2.24, 2.45) is 0 Å². The van der Waals surface area contributed by atoms with E-state index in [1.165, 1.54) is 6.54 Å². The van der Waals surface area contributed by atoms with Crippen molar-refractivity contribution in [2.45, 2.75) is 18.9 Å². The van der Waals surface area contributed by atoms with E-state index in [0.717, 1.165) is 17.6 Å². The molecule has 0 atom stereocenters. The Morgan fingerprint density at radius 3 is 1.55 bits per heavy atom. The number of quaternary nitrogens is 1. The molecule has 20 heavy (non-hydrogen) atoms. The van der Waals surface area contributed by atoms with Crippen LogP contribution >= 0.6 is 0 Å². The average Bonchev–Trinajstić information content (AvgIpc) is 2.24. The van der Waals surface area contributed by atoms with E-state index in [0.29, 0.717) is 0 Å². The number of nitrogens with zero attached hydrogens (tertiary/aromatic N) is 1. The number of rotatable bonds is 5. The summed E-state index contributed by atoms with van der Waals surface area (Å²) in [5.41, 5.74) is 0. The van der Waals surface area contributed by atoms with Gasteiger partial charge in [0.1, 0.15) is 6.54 Å². The molecule has 124 valence electrons. The second kappa shape index (κ2) is 7.44. The van der Waals surface area contributed by atoms with Gasteiger partial charge in [0.25, 0.3) is 0 Å². The molecular weight excluding hydrogens is 301 g/mol. The van der Waals surface area contributed by atoms with Crippen LogP contribution in [0.15, 0.2) is 0 Å². The van der Waals surface area contributed by atoms with Gasteiger partial charge in [-0.1, -0.05) is 0 Å². The lowest BCUT2D eigenvalue weighted by molar-refractivity contribution is -0.888. The van der Waals surface area contributed by atoms with Gasteiger partial charge < -0.3 is 22.2 Å². The Bertz CT molecular complexity index is 260. The zero-order chi connectivity index (χ0) is 16.8. The number of halogens is 8. The largest absolute Gasteiger partial charge is 0.558 e. The fourth-order valence-corrected chi connectivity index (χ4v) is 0.682. The van der Waals surface area contributed by atoms with Crippen LogP contribution in [0.4, 0.5) is 34.9 Å². The van der Waals surface area contributed by atoms with Crippen molar-refractivity contribution in [1.29, 1.82) is 0 Å². The lowest BCUT2D eigenvalue weighted by Gasteiger charge is -2.28. The average molecular weight is 319 g/mol. The molecule has 0 rings (SSSR count). The molecule has 0 saturated carbocycles. The van der Waals surface area contributed by atoms with E-state index < -0.39 is 19.0 Å². The highest BCUT2D eigenvalue weighted by atomic mass is 19.4. The molecule has 0 heterocycles. The lowest BCUT2D eigenvalue weighted by atomic mass is 9.80. The molecule has 0 aliphatic carbocycles. The Balaban J connectivity index is 0. The minimum Gasteiger partial charge on any atom is -0.445 e. The van der Waals surface area contributed by atoms with Gasteiger partial charge in [-0.2, -0.15) is 13.2 Å². The zero-order valence-corrected chi connectivity index (χ0v) is 11.6. The van der Waals surface area contributed by atoms with E-state index in [2.05, 4.69) is 21.0 Å². The first kappa shape index (κ1) is 21.7. The van der Waals surface area contributed by atoms with E-state index in [1.54, 1.807) is 7.11 Å². The fraction of sp³-hybridized carbons (Fsp3) is 1.00. The van der Waals surface area contributed by atoms with Gasteiger partial charge in [-0.05, 0) is 6.92 Å². The van der Waals surface area contributed by atoms with Crippen molar-refractivity contribution in [3.05, 3.63) is 0 Å². The van der Waals surface area contributed by atoms with E-state index >= 15 is 0 Å². The number of methoxy groups -OCH3 is 1. The third-order valence-corrected chi connectivity index (χ3v) is 2.55. The minimum absolute atomic E-state index is 0.862. The molecule has 0 spiro atoms. The number of hydrogen-bond acceptors (Lipinski definition) is 1. The Morgan fingerprint density at radius 2 is 1.40 bits per heavy atom. The molecule has 0 bridgehead atoms. The first-order valence-corrected chi connectivity index (χ1v) is 5.57. The molecule has 0 aromatic carbocycles. The predicted molar refractivity (Wildman–Crippen MR) is 59.5 cm³/mol. The number of ether oxygens (including phenoxy) is 1. The van der Waals surface area contributed by atoms with Crippen LogP contribution in [0.3, 0.4) is 0 Å². The molecule has 0 fully saturated rings. The van der Waals surface area contributed by atoms with Crippen LogP contribution in [0.25, 0.3) is 0 Å². The maximum atomic E-state index is 11.2. The molecule has 0 aromatic heterocycles. The van der Waals surface area contributed by atoms with Crippen molar-refractivity contribution in [1.82, 2.24) is 0 Å². The standard InChI is InChI=1S/C7H18NO.C2BF8/c1-5-8(2,3)6-7-9-4;4-1(5,2(6,7)8)3(9,10)11/h5-7H2,1-4H3;/q+1;-1. The third kappa shape index (κ3) is 7.27. The summed E-state index contributed by atoms with van der Waals surface area (Å²) in [6.07, 6.45) is -6.55. The number of hydrogen-bond donors (Lipinski definition) is 0. The van der Waals surface area contributed by atoms with Crippen molar-refractivity contribution in [3.63, 3.8) is 0 Å². The number of alkyl halides is 5. The summed E-state index contributed by atoms with van der Waals surface area (Å²) in [7, 11) is 6.16. The Labute approximate surface area is 112 Å². The zero-order valence-electron chi connectivity index (χ0n) is 11.6. The summed E-state index contributed by atoms with van der Waals surface area (Å²) in [5, 5.41) is 0. The highest BCUT2D eigenvalue weighted by molar-refractivity contribution is 6.61. The first-order valence-electron chi connectivity index (χ1n) is 5.57. The molecule has 0 aliphatic rings. The summed E-state index contributed by atoms with van der Waals surface area (Å²) >= 11 is 0. The SMILES string of the molecule is CC[N+](C)(C)CCOC.F[B-](F)(F)C(F)(F)C(F)(F)F. The van der Waals surface area contributed by atoms with Gasteiger partial charge in [0, 0.05) is 7.11 Å². The smallest absolute Gasteiger partial charge is 0.445 e. The summed E-state index contributed by atoms with van der Waals surface area (Å²) in [5.74, 6) is -6.56. The van der Waals surface area contributed by atoms with Gasteiger partial charge in [-0.25, -0.2) is 8.78 Å². The third-order valence-electron chi connectivity index (χ3n) is 2.55. The molecule has 0 unspecified atom stereocenters. The van der Waals surface area contributed by atoms with E-state index in [4.69, 9.17) is 4.74 Å². The van der Waals surface area contributed by atoms with Crippen molar-refractivity contribution >= 4 is 6.98 Å². The van der Waals surface area contributed by atoms with Crippen molar-refractivity contribution in [3.8, 4) is 0 Å². The molecular formula is C9H18BF8NO. The Hall–Kier alpha value is -0.575. The van der Waals surface area contributed by atoms with Crippen molar-refractivity contribution in [2.75, 3.05) is 40.9 Å². The summed E-state index contributed by atoms with van der Waals surface area (Å²) < 4.78 is 93.8. The first-order chi connectivity index (χ1) is 8.62. The molecule has 11 heteroatoms. The van der Waals surface area contributed by atoms with Gasteiger partial charge in [0.2, 0.25) is 0 Å². The number of likely N-dealkylation sites (N-methyl/N-ethyl adjacent to an activating group) is 1. The monoisotopic (exact) mass is 319 g/mol. The highest BCUT2D eigenvalue weighted by Gasteiger charge is 2.69. The van der Waals surface area contributed by atoms with Gasteiger partial charge in [-0.3, -0.25) is 0 Å². The topological polar surface area (TPSA) is 9.23 Å². The Morgan fingerprint density at radius 1 is 1.00 bits per heavy atom. The Kier molecular flexibility index (Phi) is 8.08. The second-order valence-electron chi connectivity index (χ2n) is 4.66. The van der Waals surface area contributed by atoms with Crippen molar-refractivity contribution < 1.29 is 44.1 Å². The second-order valence-corrected chi connectivity index (χ2v) is 4.66. The highest BCUT2D eigenvalue weighted by Crippen LogP contribution is 2.43. The summed E-state index contributed by atoms with van der Waals surface area (Å²) in [6, 6.07) is 0. The van der Waals surface area contributed by atoms with E-state index in [9.17, 15) is 34.9 Å².